The zero-order chi connectivity index (χ0) is 2.00. The van der Waals surface area contributed by atoms with E-state index in [0.717, 1.165) is 0 Å². The van der Waals surface area contributed by atoms with Gasteiger partial charge in [-0.1, -0.05) is 0 Å². The fourth-order valence-electron chi connectivity index (χ4n) is 0. The van der Waals surface area contributed by atoms with Gasteiger partial charge in [0.15, 0.2) is 0 Å². The van der Waals surface area contributed by atoms with E-state index in [1.54, 1.807) is 0 Å². The fourth-order valence-corrected chi connectivity index (χ4v) is 0. The third-order valence-electron chi connectivity index (χ3n) is 0. The molecule has 1 nitrogen and oxygen atoms in total. The van der Waals surface area contributed by atoms with Crippen molar-refractivity contribution < 1.29 is 51.0 Å². The topological polar surface area (TPSA) is 17.1 Å². The van der Waals surface area contributed by atoms with Gasteiger partial charge in [0.25, 0.3) is 0 Å². The molecule has 0 aliphatic heterocycles. The van der Waals surface area contributed by atoms with E-state index in [1.165, 1.54) is 0 Å². The summed E-state index contributed by atoms with van der Waals surface area (Å²) < 4.78 is 8.34. The minimum absolute atomic E-state index is 0. The monoisotopic (exact) mass is 390 g/mol. The van der Waals surface area contributed by atoms with E-state index >= 15 is 0 Å². The van der Waals surface area contributed by atoms with E-state index in [1.807, 2.05) is 0 Å². The van der Waals surface area contributed by atoms with Crippen LogP contribution >= 0.6 is 0 Å². The summed E-state index contributed by atoms with van der Waals surface area (Å²) in [5.41, 5.74) is 0. The van der Waals surface area contributed by atoms with E-state index in [0.29, 0.717) is 22.5 Å². The first-order valence-corrected chi connectivity index (χ1v) is 1.37. The van der Waals surface area contributed by atoms with Crippen LogP contribution in [0.4, 0.5) is 0 Å². The van der Waals surface area contributed by atoms with Crippen molar-refractivity contribution in [3.05, 3.63) is 0 Å². The molecule has 0 rings (SSSR count). The van der Waals surface area contributed by atoms with E-state index in [-0.39, 0.29) is 48.0 Å². The normalized spacial score (nSPS) is 1.50. The third-order valence-corrected chi connectivity index (χ3v) is 0. The Labute approximate surface area is 72.4 Å². The van der Waals surface area contributed by atoms with Gasteiger partial charge in [-0.2, -0.15) is 0 Å². The Bertz CT molecular complexity index is 6.00. The first-order valence-electron chi connectivity index (χ1n) is 0.204. The molecule has 0 aliphatic rings. The predicted octanol–water partition coefficient (Wildman–Crippen LogP) is -6.49. The van der Waals surface area contributed by atoms with Crippen LogP contribution in [0.3, 0.4) is 0 Å². The molecule has 4 heteroatoms. The molecule has 0 aliphatic carbocycles. The summed E-state index contributed by atoms with van der Waals surface area (Å²) in [6.45, 7) is 0. The van der Waals surface area contributed by atoms with Gasteiger partial charge in [-0.05, 0) is 0 Å². The summed E-state index contributed by atoms with van der Waals surface area (Å²) in [5, 5.41) is 0. The van der Waals surface area contributed by atoms with Crippen LogP contribution in [-0.4, -0.2) is 22.5 Å². The minimum atomic E-state index is 0. The van der Waals surface area contributed by atoms with Gasteiger partial charge in [0.2, 0.25) is 0 Å². The van der Waals surface area contributed by atoms with Crippen molar-refractivity contribution in [1.82, 2.24) is 0 Å². The Morgan fingerprint density at radius 1 is 1.00 bits per heavy atom. The van der Waals surface area contributed by atoms with Crippen LogP contribution in [0.2, 0.25) is 0 Å². The molecule has 0 fully saturated rings. The number of halogens is 2. The van der Waals surface area contributed by atoms with Gasteiger partial charge < -0.3 is 48.0 Å². The maximum atomic E-state index is 8.34. The summed E-state index contributed by atoms with van der Waals surface area (Å²) >= 11 is 0.300. The molecule has 0 unspecified atom stereocenters. The van der Waals surface area contributed by atoms with Gasteiger partial charge in [0.05, 0.1) is 0 Å². The van der Waals surface area contributed by atoms with E-state index in [9.17, 15) is 0 Å². The molecule has 0 radical (unpaired) electrons. The molecular formula is I2OSn. The predicted molar refractivity (Wildman–Crippen MR) is 6.44 cm³/mol. The number of hydrogen-bond donors (Lipinski definition) is 0. The summed E-state index contributed by atoms with van der Waals surface area (Å²) in [7, 11) is 0. The van der Waals surface area contributed by atoms with Gasteiger partial charge in [-0.3, -0.25) is 0 Å². The number of hydrogen-bond acceptors (Lipinski definition) is 1. The summed E-state index contributed by atoms with van der Waals surface area (Å²) in [6.07, 6.45) is 0. The number of rotatable bonds is 0. The molecular weight excluding hydrogens is 389 g/mol. The van der Waals surface area contributed by atoms with Crippen molar-refractivity contribution in [3.8, 4) is 0 Å². The molecule has 24 valence electrons. The average molecular weight is 389 g/mol. The van der Waals surface area contributed by atoms with Gasteiger partial charge >= 0.3 is 25.6 Å². The molecule has 0 heterocycles. The van der Waals surface area contributed by atoms with Crippen LogP contribution in [0.5, 0.6) is 0 Å². The van der Waals surface area contributed by atoms with Crippen LogP contribution in [0.25, 0.3) is 0 Å². The first kappa shape index (κ1) is 16.6. The summed E-state index contributed by atoms with van der Waals surface area (Å²) in [5.74, 6) is 0. The Morgan fingerprint density at radius 3 is 1.00 bits per heavy atom. The maximum absolute atomic E-state index is 8.34. The Balaban J connectivity index is -0.00000000500. The molecule has 0 aromatic rings. The van der Waals surface area contributed by atoms with Crippen molar-refractivity contribution in [3.63, 3.8) is 0 Å². The average Bonchev–Trinajstić information content (AvgIpc) is 1.00. The fraction of sp³-hybridized carbons (Fsp3) is 0. The molecule has 0 spiro atoms. The van der Waals surface area contributed by atoms with E-state index in [4.69, 9.17) is 3.08 Å². The van der Waals surface area contributed by atoms with Crippen LogP contribution < -0.4 is 48.0 Å². The zero-order valence-corrected chi connectivity index (χ0v) is 8.83. The van der Waals surface area contributed by atoms with Crippen molar-refractivity contribution in [2.45, 2.75) is 0 Å². The van der Waals surface area contributed by atoms with Crippen LogP contribution in [0.15, 0.2) is 0 Å². The van der Waals surface area contributed by atoms with Crippen LogP contribution in [0, 0.1) is 0 Å². The van der Waals surface area contributed by atoms with E-state index < -0.39 is 0 Å². The Kier molecular flexibility index (Phi) is 81.5. The SMILES string of the molecule is [I-].[I-].[O]=[Sn+2]. The second-order valence-corrected chi connectivity index (χ2v) is 0. The van der Waals surface area contributed by atoms with Crippen molar-refractivity contribution in [1.29, 1.82) is 0 Å². The van der Waals surface area contributed by atoms with Crippen molar-refractivity contribution in [2.24, 2.45) is 0 Å². The molecule has 0 saturated heterocycles. The second-order valence-electron chi connectivity index (χ2n) is 0. The molecule has 0 aromatic heterocycles. The Morgan fingerprint density at radius 2 is 1.00 bits per heavy atom. The molecule has 0 aromatic carbocycles. The van der Waals surface area contributed by atoms with Crippen LogP contribution in [-0.2, 0) is 3.08 Å². The molecule has 0 N–H and O–H groups in total. The summed E-state index contributed by atoms with van der Waals surface area (Å²) in [6, 6.07) is 0. The van der Waals surface area contributed by atoms with E-state index in [2.05, 4.69) is 0 Å². The third kappa shape index (κ3) is 8.96. The molecule has 0 bridgehead atoms. The molecule has 4 heavy (non-hydrogen) atoms. The standard InChI is InChI=1S/2HI.O.Sn/h2*1H;;/q;;;+2/p-2. The van der Waals surface area contributed by atoms with Crippen LogP contribution in [0.1, 0.15) is 0 Å². The summed E-state index contributed by atoms with van der Waals surface area (Å²) in [4.78, 5) is 0. The van der Waals surface area contributed by atoms with Gasteiger partial charge in [0.1, 0.15) is 0 Å². The quantitative estimate of drug-likeness (QED) is 0.298. The molecule has 0 atom stereocenters. The van der Waals surface area contributed by atoms with Gasteiger partial charge in [-0.25, -0.2) is 0 Å². The zero-order valence-electron chi connectivity index (χ0n) is 1.66. The Hall–Kier alpha value is 2.06. The van der Waals surface area contributed by atoms with Crippen molar-refractivity contribution >= 4 is 22.5 Å². The molecule has 0 saturated carbocycles. The van der Waals surface area contributed by atoms with Gasteiger partial charge in [0, 0.05) is 0 Å². The molecule has 0 amide bonds. The van der Waals surface area contributed by atoms with Crippen molar-refractivity contribution in [2.75, 3.05) is 0 Å². The van der Waals surface area contributed by atoms with Gasteiger partial charge in [-0.15, -0.1) is 0 Å². The first-order chi connectivity index (χ1) is 1.00. The second kappa shape index (κ2) is 19.7.